The van der Waals surface area contributed by atoms with Crippen LogP contribution in [0.15, 0.2) is 38.0 Å². The molecule has 0 atom stereocenters. The Morgan fingerprint density at radius 3 is 1.00 bits per heavy atom. The summed E-state index contributed by atoms with van der Waals surface area (Å²) in [5.41, 5.74) is 15.3. The van der Waals surface area contributed by atoms with Crippen LogP contribution in [0.25, 0.3) is 0 Å². The van der Waals surface area contributed by atoms with Crippen LogP contribution in [0.3, 0.4) is 0 Å². The molecule has 10 nitrogen and oxygen atoms in total. The number of hydrogen-bond donors (Lipinski definition) is 6. The second-order valence-electron chi connectivity index (χ2n) is 3.97. The Hall–Kier alpha value is -0.910. The van der Waals surface area contributed by atoms with Crippen molar-refractivity contribution in [2.45, 2.75) is 0 Å². The van der Waals surface area contributed by atoms with Crippen molar-refractivity contribution < 1.29 is 33.5 Å². The predicted molar refractivity (Wildman–Crippen MR) is 104 cm³/mol. The van der Waals surface area contributed by atoms with Gasteiger partial charge in [-0.1, -0.05) is 18.2 Å². The maximum absolute atomic E-state index is 8.88. The maximum atomic E-state index is 8.88. The number of phosphoric acid groups is 1. The molecule has 0 bridgehead atoms. The molecule has 0 spiro atoms. The molecule has 0 radical (unpaired) electrons. The smallest absolute Gasteiger partial charge is 0.376 e. The normalized spacial score (nSPS) is 9.31. The van der Waals surface area contributed by atoms with E-state index in [0.717, 1.165) is 0 Å². The van der Waals surface area contributed by atoms with Gasteiger partial charge >= 0.3 is 7.82 Å². The molecule has 0 aliphatic heterocycles. The highest BCUT2D eigenvalue weighted by atomic mass is 31.2. The van der Waals surface area contributed by atoms with Crippen molar-refractivity contribution in [2.24, 2.45) is 17.2 Å². The zero-order valence-electron chi connectivity index (χ0n) is 15.4. The predicted octanol–water partition coefficient (Wildman–Crippen LogP) is -0.485. The van der Waals surface area contributed by atoms with Gasteiger partial charge in [-0.2, -0.15) is 0 Å². The third-order valence-electron chi connectivity index (χ3n) is 1.49. The molecule has 0 unspecified atom stereocenters. The monoisotopic (exact) mass is 401 g/mol. The molecule has 0 aromatic carbocycles. The topological polar surface area (TPSA) is 184 Å². The Kier molecular flexibility index (Phi) is 40.1. The molecule has 0 rings (SSSR count). The molecule has 0 fully saturated rings. The van der Waals surface area contributed by atoms with Gasteiger partial charge in [-0.15, -0.1) is 19.7 Å². The van der Waals surface area contributed by atoms with Gasteiger partial charge in [0.2, 0.25) is 0 Å². The van der Waals surface area contributed by atoms with Crippen molar-refractivity contribution in [3.8, 4) is 0 Å². The van der Waals surface area contributed by atoms with Crippen molar-refractivity contribution in [1.82, 2.24) is 0 Å². The van der Waals surface area contributed by atoms with E-state index >= 15 is 0 Å². The molecule has 0 aliphatic carbocycles. The maximum Gasteiger partial charge on any atom is 0.466 e. The molecule has 9 N–H and O–H groups in total. The van der Waals surface area contributed by atoms with E-state index in [1.807, 2.05) is 0 Å². The minimum atomic E-state index is -4.64. The van der Waals surface area contributed by atoms with Crippen molar-refractivity contribution in [3.05, 3.63) is 38.0 Å². The molecular weight excluding hydrogens is 365 g/mol. The van der Waals surface area contributed by atoms with Crippen LogP contribution in [0.2, 0.25) is 0 Å². The molecule has 0 aliphatic rings. The van der Waals surface area contributed by atoms with Crippen LogP contribution in [0.5, 0.6) is 0 Å². The second-order valence-corrected chi connectivity index (χ2v) is 5.00. The summed E-state index contributed by atoms with van der Waals surface area (Å²) in [6.07, 6.45) is 5.11. The molecule has 0 saturated heterocycles. The Balaban J connectivity index is -0.000000125. The lowest BCUT2D eigenvalue weighted by molar-refractivity contribution is 0.171. The minimum absolute atomic E-state index is 0.591. The van der Waals surface area contributed by atoms with Crippen LogP contribution >= 0.6 is 7.82 Å². The highest BCUT2D eigenvalue weighted by Crippen LogP contribution is 2.25. The Bertz CT molecular complexity index is 287. The highest BCUT2D eigenvalue weighted by molar-refractivity contribution is 7.45. The summed E-state index contributed by atoms with van der Waals surface area (Å²) >= 11 is 0. The summed E-state index contributed by atoms with van der Waals surface area (Å²) in [6, 6.07) is 0. The lowest BCUT2D eigenvalue weighted by Gasteiger charge is -1.93. The molecule has 0 amide bonds. The van der Waals surface area contributed by atoms with Gasteiger partial charge < -0.3 is 46.1 Å². The van der Waals surface area contributed by atoms with Crippen molar-refractivity contribution >= 4 is 7.82 Å². The van der Waals surface area contributed by atoms with Gasteiger partial charge in [0.25, 0.3) is 0 Å². The average Bonchev–Trinajstić information content (AvgIpc) is 2.56. The fourth-order valence-electron chi connectivity index (χ4n) is 0.750. The van der Waals surface area contributed by atoms with Crippen LogP contribution in [0.4, 0.5) is 0 Å². The molecular formula is C15H36N3O7P. The molecule has 11 heteroatoms. The van der Waals surface area contributed by atoms with Gasteiger partial charge in [0, 0.05) is 19.6 Å². The third-order valence-corrected chi connectivity index (χ3v) is 1.49. The molecule has 0 heterocycles. The summed E-state index contributed by atoms with van der Waals surface area (Å²) in [4.78, 5) is 21.6. The lowest BCUT2D eigenvalue weighted by atomic mass is 10.7. The molecule has 158 valence electrons. The first-order chi connectivity index (χ1) is 12.2. The van der Waals surface area contributed by atoms with Crippen molar-refractivity contribution in [2.75, 3.05) is 59.3 Å². The van der Waals surface area contributed by atoms with Crippen LogP contribution in [0.1, 0.15) is 0 Å². The Morgan fingerprint density at radius 1 is 0.692 bits per heavy atom. The van der Waals surface area contributed by atoms with Crippen LogP contribution in [-0.4, -0.2) is 74.0 Å². The summed E-state index contributed by atoms with van der Waals surface area (Å²) in [5.74, 6) is 0. The first kappa shape index (κ1) is 32.7. The fourth-order valence-corrected chi connectivity index (χ4v) is 0.750. The van der Waals surface area contributed by atoms with Crippen molar-refractivity contribution in [1.29, 1.82) is 0 Å². The van der Waals surface area contributed by atoms with Gasteiger partial charge in [-0.3, -0.25) is 0 Å². The summed E-state index contributed by atoms with van der Waals surface area (Å²) < 4.78 is 23.5. The number of ether oxygens (including phenoxy) is 3. The van der Waals surface area contributed by atoms with E-state index in [1.54, 1.807) is 18.2 Å². The molecule has 0 saturated carbocycles. The van der Waals surface area contributed by atoms with E-state index in [4.69, 9.17) is 50.7 Å². The fraction of sp³-hybridized carbons (Fsp3) is 0.600. The Labute approximate surface area is 156 Å². The quantitative estimate of drug-likeness (QED) is 0.142. The zero-order chi connectivity index (χ0) is 21.1. The van der Waals surface area contributed by atoms with E-state index in [9.17, 15) is 0 Å². The minimum Gasteiger partial charge on any atom is -0.376 e. The van der Waals surface area contributed by atoms with Crippen LogP contribution < -0.4 is 17.2 Å². The first-order valence-corrected chi connectivity index (χ1v) is 9.25. The largest absolute Gasteiger partial charge is 0.466 e. The SMILES string of the molecule is C=CCOCCN.C=CCOCCN.C=CCOCCN.O=P(O)(O)O. The Morgan fingerprint density at radius 2 is 0.885 bits per heavy atom. The molecule has 26 heavy (non-hydrogen) atoms. The van der Waals surface area contributed by atoms with Gasteiger partial charge in [-0.25, -0.2) is 4.57 Å². The van der Waals surface area contributed by atoms with E-state index in [2.05, 4.69) is 19.7 Å². The molecule has 0 aromatic heterocycles. The number of hydrogen-bond acceptors (Lipinski definition) is 7. The van der Waals surface area contributed by atoms with E-state index in [-0.39, 0.29) is 0 Å². The number of nitrogens with two attached hydrogens (primary N) is 3. The summed E-state index contributed by atoms with van der Waals surface area (Å²) in [7, 11) is -4.64. The summed E-state index contributed by atoms with van der Waals surface area (Å²) in [5, 5.41) is 0. The molecule has 0 aromatic rings. The van der Waals surface area contributed by atoms with Gasteiger partial charge in [0.15, 0.2) is 0 Å². The lowest BCUT2D eigenvalue weighted by Crippen LogP contribution is -2.07. The third kappa shape index (κ3) is 91.6. The van der Waals surface area contributed by atoms with Gasteiger partial charge in [0.05, 0.1) is 39.6 Å². The van der Waals surface area contributed by atoms with Crippen LogP contribution in [-0.2, 0) is 18.8 Å². The van der Waals surface area contributed by atoms with Crippen LogP contribution in [0, 0.1) is 0 Å². The standard InChI is InChI=1S/3C5H11NO.H3O4P/c3*1-2-4-7-5-3-6;1-5(2,3)4/h3*2H,1,3-6H2;(H3,1,2,3,4). The van der Waals surface area contributed by atoms with E-state index in [1.165, 1.54) is 0 Å². The van der Waals surface area contributed by atoms with Crippen molar-refractivity contribution in [3.63, 3.8) is 0 Å². The van der Waals surface area contributed by atoms with E-state index in [0.29, 0.717) is 59.3 Å². The van der Waals surface area contributed by atoms with Gasteiger partial charge in [0.1, 0.15) is 0 Å². The summed E-state index contributed by atoms with van der Waals surface area (Å²) in [6.45, 7) is 15.9. The number of rotatable bonds is 12. The van der Waals surface area contributed by atoms with Gasteiger partial charge in [-0.05, 0) is 0 Å². The second kappa shape index (κ2) is 31.8. The highest BCUT2D eigenvalue weighted by Gasteiger charge is 2.00. The first-order valence-electron chi connectivity index (χ1n) is 7.69. The average molecular weight is 401 g/mol. The zero-order valence-corrected chi connectivity index (χ0v) is 16.3. The van der Waals surface area contributed by atoms with E-state index < -0.39 is 7.82 Å².